The number of hydrogen-bond donors (Lipinski definition) is 0. The van der Waals surface area contributed by atoms with Crippen molar-refractivity contribution < 1.29 is 23.9 Å². The first kappa shape index (κ1) is 20.1. The summed E-state index contributed by atoms with van der Waals surface area (Å²) >= 11 is 6.09. The van der Waals surface area contributed by atoms with Gasteiger partial charge in [0.05, 0.1) is 30.9 Å². The molecule has 6 nitrogen and oxygen atoms in total. The summed E-state index contributed by atoms with van der Waals surface area (Å²) < 4.78 is 11.9. The summed E-state index contributed by atoms with van der Waals surface area (Å²) in [5, 5.41) is 0.561. The highest BCUT2D eigenvalue weighted by molar-refractivity contribution is 6.30. The number of ketones is 1. The summed E-state index contributed by atoms with van der Waals surface area (Å²) in [4.78, 5) is 38.1. The molecular formula is C21H22ClNO5. The Hall–Kier alpha value is -2.60. The second-order valence-corrected chi connectivity index (χ2v) is 6.98. The molecular weight excluding hydrogens is 382 g/mol. The van der Waals surface area contributed by atoms with Crippen molar-refractivity contribution in [2.45, 2.75) is 33.1 Å². The van der Waals surface area contributed by atoms with Gasteiger partial charge in [-0.3, -0.25) is 9.59 Å². The van der Waals surface area contributed by atoms with E-state index < -0.39 is 11.9 Å². The highest BCUT2D eigenvalue weighted by Gasteiger charge is 2.33. The first-order chi connectivity index (χ1) is 13.4. The van der Waals surface area contributed by atoms with E-state index in [0.717, 1.165) is 5.56 Å². The Balaban J connectivity index is 2.17. The lowest BCUT2D eigenvalue weighted by Gasteiger charge is -2.10. The van der Waals surface area contributed by atoms with E-state index in [4.69, 9.17) is 21.1 Å². The summed E-state index contributed by atoms with van der Waals surface area (Å²) in [6.07, 6.45) is 0.926. The molecule has 3 rings (SSSR count). The number of nitrogens with zero attached hydrogens (tertiary/aromatic N) is 1. The molecule has 7 heteroatoms. The van der Waals surface area contributed by atoms with Crippen LogP contribution in [0.4, 0.5) is 0 Å². The van der Waals surface area contributed by atoms with Gasteiger partial charge in [0, 0.05) is 23.3 Å². The summed E-state index contributed by atoms with van der Waals surface area (Å²) in [6.45, 7) is 3.87. The Morgan fingerprint density at radius 2 is 1.86 bits per heavy atom. The molecule has 2 aromatic rings. The predicted octanol–water partition coefficient (Wildman–Crippen LogP) is 3.29. The number of benzene rings is 1. The fraction of sp³-hybridized carbons (Fsp3) is 0.381. The normalized spacial score (nSPS) is 12.8. The van der Waals surface area contributed by atoms with E-state index in [1.165, 1.54) is 0 Å². The summed E-state index contributed by atoms with van der Waals surface area (Å²) in [7, 11) is 1.69. The largest absolute Gasteiger partial charge is 0.466 e. The quantitative estimate of drug-likeness (QED) is 0.716. The molecule has 0 N–H and O–H groups in total. The van der Waals surface area contributed by atoms with Crippen LogP contribution < -0.4 is 0 Å². The molecule has 0 fully saturated rings. The average molecular weight is 404 g/mol. The molecule has 0 amide bonds. The van der Waals surface area contributed by atoms with Gasteiger partial charge in [-0.15, -0.1) is 0 Å². The number of ether oxygens (including phenoxy) is 2. The molecule has 28 heavy (non-hydrogen) atoms. The van der Waals surface area contributed by atoms with Crippen molar-refractivity contribution in [2.24, 2.45) is 7.05 Å². The minimum Gasteiger partial charge on any atom is -0.466 e. The fourth-order valence-corrected chi connectivity index (χ4v) is 3.90. The Morgan fingerprint density at radius 3 is 2.54 bits per heavy atom. The maximum Gasteiger partial charge on any atom is 0.340 e. The van der Waals surface area contributed by atoms with Crippen LogP contribution in [0.5, 0.6) is 0 Å². The molecule has 1 aromatic heterocycles. The van der Waals surface area contributed by atoms with E-state index in [1.54, 1.807) is 43.7 Å². The van der Waals surface area contributed by atoms with Gasteiger partial charge in [-0.1, -0.05) is 11.6 Å². The van der Waals surface area contributed by atoms with E-state index in [0.29, 0.717) is 45.9 Å². The Morgan fingerprint density at radius 1 is 1.14 bits per heavy atom. The zero-order valence-corrected chi connectivity index (χ0v) is 16.9. The molecule has 148 valence electrons. The number of carbonyl (C=O) groups excluding carboxylic acids is 3. The Labute approximate surface area is 168 Å². The molecule has 1 aromatic carbocycles. The third-order valence-electron chi connectivity index (χ3n) is 4.88. The number of aryl methyl sites for hydroxylation is 1. The molecule has 0 unspecified atom stereocenters. The lowest BCUT2D eigenvalue weighted by molar-refractivity contribution is -0.142. The average Bonchev–Trinajstić information content (AvgIpc) is 2.82. The first-order valence-corrected chi connectivity index (χ1v) is 9.63. The van der Waals surface area contributed by atoms with Gasteiger partial charge >= 0.3 is 11.9 Å². The van der Waals surface area contributed by atoms with Crippen molar-refractivity contribution >= 4 is 29.3 Å². The van der Waals surface area contributed by atoms with E-state index in [9.17, 15) is 14.4 Å². The highest BCUT2D eigenvalue weighted by Crippen LogP contribution is 2.32. The zero-order valence-electron chi connectivity index (χ0n) is 16.1. The van der Waals surface area contributed by atoms with Gasteiger partial charge in [-0.05, 0) is 56.0 Å². The maximum absolute atomic E-state index is 13.3. The van der Waals surface area contributed by atoms with Gasteiger partial charge in [-0.2, -0.15) is 0 Å². The van der Waals surface area contributed by atoms with Crippen LogP contribution in [0.15, 0.2) is 18.2 Å². The van der Waals surface area contributed by atoms with Crippen molar-refractivity contribution in [1.82, 2.24) is 4.57 Å². The molecule has 0 bridgehead atoms. The summed E-state index contributed by atoms with van der Waals surface area (Å²) in [6, 6.07) is 5.17. The number of fused-ring (bicyclic) bond motifs is 2. The van der Waals surface area contributed by atoms with Crippen molar-refractivity contribution in [2.75, 3.05) is 13.2 Å². The second-order valence-electron chi connectivity index (χ2n) is 6.54. The second kappa shape index (κ2) is 8.19. The van der Waals surface area contributed by atoms with Crippen LogP contribution in [0.1, 0.15) is 57.1 Å². The number of carbonyl (C=O) groups is 3. The fourth-order valence-electron chi connectivity index (χ4n) is 3.71. The van der Waals surface area contributed by atoms with Gasteiger partial charge in [0.1, 0.15) is 0 Å². The van der Waals surface area contributed by atoms with Crippen LogP contribution in [0, 0.1) is 0 Å². The number of esters is 2. The van der Waals surface area contributed by atoms with E-state index in [-0.39, 0.29) is 25.4 Å². The van der Waals surface area contributed by atoms with Crippen LogP contribution in [0.25, 0.3) is 0 Å². The predicted molar refractivity (Wildman–Crippen MR) is 104 cm³/mol. The third-order valence-corrected chi connectivity index (χ3v) is 5.12. The molecule has 1 heterocycles. The number of rotatable bonds is 5. The van der Waals surface area contributed by atoms with Crippen LogP contribution in [0.2, 0.25) is 5.02 Å². The standard InChI is InChI=1S/C21H22ClNO5/c1-4-27-17(24)11-16-18(21(26)28-5-2)15-8-6-12-10-13(22)7-9-14(12)20(25)19(15)23(16)3/h7,9-10H,4-6,8,11H2,1-3H3. The lowest BCUT2D eigenvalue weighted by atomic mass is 10.0. The monoisotopic (exact) mass is 403 g/mol. The minimum atomic E-state index is -0.532. The minimum absolute atomic E-state index is 0.105. The molecule has 0 saturated heterocycles. The van der Waals surface area contributed by atoms with Gasteiger partial charge in [0.15, 0.2) is 0 Å². The van der Waals surface area contributed by atoms with E-state index in [1.807, 2.05) is 0 Å². The molecule has 1 aliphatic carbocycles. The topological polar surface area (TPSA) is 74.6 Å². The molecule has 0 radical (unpaired) electrons. The van der Waals surface area contributed by atoms with Crippen molar-refractivity contribution in [3.8, 4) is 0 Å². The first-order valence-electron chi connectivity index (χ1n) is 9.25. The number of hydrogen-bond acceptors (Lipinski definition) is 5. The van der Waals surface area contributed by atoms with Gasteiger partial charge in [0.2, 0.25) is 5.78 Å². The molecule has 0 spiro atoms. The maximum atomic E-state index is 13.3. The smallest absolute Gasteiger partial charge is 0.340 e. The molecule has 1 aliphatic rings. The third kappa shape index (κ3) is 3.56. The van der Waals surface area contributed by atoms with Crippen LogP contribution >= 0.6 is 11.6 Å². The highest BCUT2D eigenvalue weighted by atomic mass is 35.5. The Kier molecular flexibility index (Phi) is 5.89. The van der Waals surface area contributed by atoms with E-state index >= 15 is 0 Å². The SMILES string of the molecule is CCOC(=O)Cc1c(C(=O)OCC)c2c(n1C)C(=O)c1ccc(Cl)cc1CC2. The number of aromatic nitrogens is 1. The van der Waals surface area contributed by atoms with Crippen LogP contribution in [-0.2, 0) is 40.6 Å². The number of halogens is 1. The van der Waals surface area contributed by atoms with Gasteiger partial charge in [-0.25, -0.2) is 4.79 Å². The van der Waals surface area contributed by atoms with Crippen molar-refractivity contribution in [3.05, 3.63) is 56.9 Å². The lowest BCUT2D eigenvalue weighted by Crippen LogP contribution is -2.16. The Bertz CT molecular complexity index is 960. The van der Waals surface area contributed by atoms with Crippen molar-refractivity contribution in [1.29, 1.82) is 0 Å². The summed E-state index contributed by atoms with van der Waals surface area (Å²) in [5.41, 5.74) is 3.14. The van der Waals surface area contributed by atoms with Gasteiger partial charge in [0.25, 0.3) is 0 Å². The van der Waals surface area contributed by atoms with Crippen molar-refractivity contribution in [3.63, 3.8) is 0 Å². The van der Waals surface area contributed by atoms with E-state index in [2.05, 4.69) is 0 Å². The zero-order chi connectivity index (χ0) is 20.4. The van der Waals surface area contributed by atoms with Crippen LogP contribution in [-0.4, -0.2) is 35.5 Å². The van der Waals surface area contributed by atoms with Crippen LogP contribution in [0.3, 0.4) is 0 Å². The summed E-state index contributed by atoms with van der Waals surface area (Å²) in [5.74, 6) is -1.18. The van der Waals surface area contributed by atoms with Gasteiger partial charge < -0.3 is 14.0 Å². The molecule has 0 saturated carbocycles. The molecule has 0 aliphatic heterocycles. The molecule has 0 atom stereocenters.